The number of anilines is 1. The van der Waals surface area contributed by atoms with Crippen molar-refractivity contribution in [2.45, 2.75) is 39.7 Å². The van der Waals surface area contributed by atoms with Gasteiger partial charge in [0.25, 0.3) is 0 Å². The van der Waals surface area contributed by atoms with Crippen LogP contribution in [0.4, 0.5) is 5.69 Å². The van der Waals surface area contributed by atoms with Crippen LogP contribution in [0.2, 0.25) is 0 Å². The predicted molar refractivity (Wildman–Crippen MR) is 67.4 cm³/mol. The van der Waals surface area contributed by atoms with E-state index in [1.54, 1.807) is 0 Å². The van der Waals surface area contributed by atoms with Crippen LogP contribution < -0.4 is 11.1 Å². The second kappa shape index (κ2) is 5.66. The van der Waals surface area contributed by atoms with Crippen LogP contribution in [-0.2, 0) is 4.79 Å². The van der Waals surface area contributed by atoms with E-state index < -0.39 is 6.04 Å². The standard InChI is InChI=1S/C13H20N2O/c1-4-5-12(14)13(16)15-11-7-6-9(2)10(3)8-11/h6-8,12H,4-5,14H2,1-3H3,(H,15,16). The Morgan fingerprint density at radius 1 is 1.38 bits per heavy atom. The summed E-state index contributed by atoms with van der Waals surface area (Å²) in [6, 6.07) is 5.45. The molecule has 1 rings (SSSR count). The van der Waals surface area contributed by atoms with Crippen molar-refractivity contribution >= 4 is 11.6 Å². The van der Waals surface area contributed by atoms with Crippen LogP contribution in [0.15, 0.2) is 18.2 Å². The SMILES string of the molecule is CCCC(N)C(=O)Nc1ccc(C)c(C)c1. The minimum Gasteiger partial charge on any atom is -0.325 e. The Hall–Kier alpha value is -1.35. The molecule has 0 radical (unpaired) electrons. The van der Waals surface area contributed by atoms with Gasteiger partial charge in [-0.05, 0) is 43.5 Å². The lowest BCUT2D eigenvalue weighted by Gasteiger charge is -2.12. The maximum atomic E-state index is 11.7. The molecule has 0 bridgehead atoms. The molecule has 0 saturated carbocycles. The molecule has 1 unspecified atom stereocenters. The summed E-state index contributed by atoms with van der Waals surface area (Å²) in [4.78, 5) is 11.7. The smallest absolute Gasteiger partial charge is 0.241 e. The fourth-order valence-electron chi connectivity index (χ4n) is 1.50. The molecule has 3 N–H and O–H groups in total. The van der Waals surface area contributed by atoms with Crippen molar-refractivity contribution < 1.29 is 4.79 Å². The molecule has 1 amide bonds. The minimum absolute atomic E-state index is 0.106. The molecular weight excluding hydrogens is 200 g/mol. The molecule has 16 heavy (non-hydrogen) atoms. The first-order valence-corrected chi connectivity index (χ1v) is 5.68. The summed E-state index contributed by atoms with van der Waals surface area (Å²) in [6.07, 6.45) is 1.64. The molecule has 3 heteroatoms. The zero-order valence-corrected chi connectivity index (χ0v) is 10.2. The number of aryl methyl sites for hydroxylation is 2. The maximum Gasteiger partial charge on any atom is 0.241 e. The number of nitrogens with two attached hydrogens (primary N) is 1. The Morgan fingerprint density at radius 2 is 2.06 bits per heavy atom. The summed E-state index contributed by atoms with van der Waals surface area (Å²) in [5, 5.41) is 2.83. The average Bonchev–Trinajstić information content (AvgIpc) is 2.24. The molecular formula is C13H20N2O. The molecule has 88 valence electrons. The molecule has 0 aliphatic rings. The highest BCUT2D eigenvalue weighted by Gasteiger charge is 2.12. The van der Waals surface area contributed by atoms with Crippen LogP contribution in [0.3, 0.4) is 0 Å². The van der Waals surface area contributed by atoms with Gasteiger partial charge < -0.3 is 11.1 Å². The number of rotatable bonds is 4. The van der Waals surface area contributed by atoms with Gasteiger partial charge in [0, 0.05) is 5.69 Å². The Labute approximate surface area is 97.0 Å². The number of nitrogens with one attached hydrogen (secondary N) is 1. The van der Waals surface area contributed by atoms with E-state index in [9.17, 15) is 4.79 Å². The van der Waals surface area contributed by atoms with Gasteiger partial charge in [0.1, 0.15) is 0 Å². The Balaban J connectivity index is 2.66. The van der Waals surface area contributed by atoms with Gasteiger partial charge in [-0.1, -0.05) is 19.4 Å². The third-order valence-electron chi connectivity index (χ3n) is 2.71. The molecule has 3 nitrogen and oxygen atoms in total. The summed E-state index contributed by atoms with van der Waals surface area (Å²) in [5.41, 5.74) is 8.94. The van der Waals surface area contributed by atoms with Crippen LogP contribution in [0, 0.1) is 13.8 Å². The van der Waals surface area contributed by atoms with Gasteiger partial charge in [0.05, 0.1) is 6.04 Å². The molecule has 1 aromatic carbocycles. The van der Waals surface area contributed by atoms with Gasteiger partial charge in [-0.15, -0.1) is 0 Å². The van der Waals surface area contributed by atoms with Crippen molar-refractivity contribution in [2.24, 2.45) is 5.73 Å². The van der Waals surface area contributed by atoms with Gasteiger partial charge in [-0.25, -0.2) is 0 Å². The highest BCUT2D eigenvalue weighted by Crippen LogP contribution is 2.14. The van der Waals surface area contributed by atoms with Crippen LogP contribution >= 0.6 is 0 Å². The van der Waals surface area contributed by atoms with Crippen molar-refractivity contribution in [3.63, 3.8) is 0 Å². The molecule has 0 spiro atoms. The van der Waals surface area contributed by atoms with E-state index in [1.807, 2.05) is 39.0 Å². The Bertz CT molecular complexity index is 374. The largest absolute Gasteiger partial charge is 0.325 e. The van der Waals surface area contributed by atoms with Crippen LogP contribution in [-0.4, -0.2) is 11.9 Å². The van der Waals surface area contributed by atoms with Crippen molar-refractivity contribution in [2.75, 3.05) is 5.32 Å². The van der Waals surface area contributed by atoms with Gasteiger partial charge in [0.15, 0.2) is 0 Å². The predicted octanol–water partition coefficient (Wildman–Crippen LogP) is 2.37. The summed E-state index contributed by atoms with van der Waals surface area (Å²) in [5.74, 6) is -0.106. The van der Waals surface area contributed by atoms with E-state index in [0.29, 0.717) is 0 Å². The molecule has 0 aliphatic carbocycles. The van der Waals surface area contributed by atoms with Crippen molar-refractivity contribution in [1.29, 1.82) is 0 Å². The number of benzene rings is 1. The van der Waals surface area contributed by atoms with Gasteiger partial charge in [-0.2, -0.15) is 0 Å². The van der Waals surface area contributed by atoms with Crippen molar-refractivity contribution in [3.05, 3.63) is 29.3 Å². The van der Waals surface area contributed by atoms with Crippen molar-refractivity contribution in [1.82, 2.24) is 0 Å². The molecule has 0 aliphatic heterocycles. The zero-order chi connectivity index (χ0) is 12.1. The minimum atomic E-state index is -0.411. The third-order valence-corrected chi connectivity index (χ3v) is 2.71. The molecule has 0 saturated heterocycles. The summed E-state index contributed by atoms with van der Waals surface area (Å²) >= 11 is 0. The van der Waals surface area contributed by atoms with Crippen molar-refractivity contribution in [3.8, 4) is 0 Å². The van der Waals surface area contributed by atoms with E-state index in [0.717, 1.165) is 18.5 Å². The molecule has 1 aromatic rings. The molecule has 0 fully saturated rings. The average molecular weight is 220 g/mol. The first-order chi connectivity index (χ1) is 7.54. The lowest BCUT2D eigenvalue weighted by atomic mass is 10.1. The van der Waals surface area contributed by atoms with E-state index >= 15 is 0 Å². The summed E-state index contributed by atoms with van der Waals surface area (Å²) < 4.78 is 0. The summed E-state index contributed by atoms with van der Waals surface area (Å²) in [6.45, 7) is 6.09. The van der Waals surface area contributed by atoms with E-state index in [1.165, 1.54) is 11.1 Å². The number of hydrogen-bond acceptors (Lipinski definition) is 2. The van der Waals surface area contributed by atoms with E-state index in [4.69, 9.17) is 5.73 Å². The van der Waals surface area contributed by atoms with E-state index in [2.05, 4.69) is 5.32 Å². The zero-order valence-electron chi connectivity index (χ0n) is 10.2. The number of amides is 1. The molecule has 0 heterocycles. The van der Waals surface area contributed by atoms with Crippen LogP contribution in [0.25, 0.3) is 0 Å². The van der Waals surface area contributed by atoms with Gasteiger partial charge >= 0.3 is 0 Å². The third kappa shape index (κ3) is 3.35. The lowest BCUT2D eigenvalue weighted by molar-refractivity contribution is -0.117. The second-order valence-electron chi connectivity index (χ2n) is 4.18. The number of hydrogen-bond donors (Lipinski definition) is 2. The lowest BCUT2D eigenvalue weighted by Crippen LogP contribution is -2.35. The number of carbonyl (C=O) groups is 1. The first-order valence-electron chi connectivity index (χ1n) is 5.68. The van der Waals surface area contributed by atoms with Crippen LogP contribution in [0.5, 0.6) is 0 Å². The highest BCUT2D eigenvalue weighted by atomic mass is 16.2. The second-order valence-corrected chi connectivity index (χ2v) is 4.18. The maximum absolute atomic E-state index is 11.7. The normalized spacial score (nSPS) is 12.2. The first kappa shape index (κ1) is 12.7. The molecule has 0 aromatic heterocycles. The topological polar surface area (TPSA) is 55.1 Å². The Morgan fingerprint density at radius 3 is 2.62 bits per heavy atom. The highest BCUT2D eigenvalue weighted by molar-refractivity contribution is 5.94. The summed E-state index contributed by atoms with van der Waals surface area (Å²) in [7, 11) is 0. The fraction of sp³-hybridized carbons (Fsp3) is 0.462. The Kier molecular flexibility index (Phi) is 4.50. The quantitative estimate of drug-likeness (QED) is 0.818. The van der Waals surface area contributed by atoms with E-state index in [-0.39, 0.29) is 5.91 Å². The van der Waals surface area contributed by atoms with Crippen LogP contribution in [0.1, 0.15) is 30.9 Å². The number of carbonyl (C=O) groups excluding carboxylic acids is 1. The van der Waals surface area contributed by atoms with Gasteiger partial charge in [-0.3, -0.25) is 4.79 Å². The van der Waals surface area contributed by atoms with Gasteiger partial charge in [0.2, 0.25) is 5.91 Å². The fourth-order valence-corrected chi connectivity index (χ4v) is 1.50. The molecule has 1 atom stereocenters. The monoisotopic (exact) mass is 220 g/mol.